The Bertz CT molecular complexity index is 268. The third-order valence-electron chi connectivity index (χ3n) is 1.43. The molecule has 1 rings (SSSR count). The Balaban J connectivity index is 3.11. The van der Waals surface area contributed by atoms with E-state index in [1.54, 1.807) is 6.08 Å². The Kier molecular flexibility index (Phi) is 2.39. The van der Waals surface area contributed by atoms with Gasteiger partial charge in [0.1, 0.15) is 0 Å². The maximum atomic E-state index is 8.79. The minimum Gasteiger partial charge on any atom is -0.390 e. The van der Waals surface area contributed by atoms with Crippen molar-refractivity contribution < 1.29 is 5.11 Å². The maximum Gasteiger partial charge on any atom is 0.0853 e. The van der Waals surface area contributed by atoms with Crippen LogP contribution in [0.3, 0.4) is 0 Å². The molecular weight excluding hydrogens is 138 g/mol. The predicted molar refractivity (Wildman–Crippen MR) is 45.0 cm³/mol. The average Bonchev–Trinajstić information content (AvgIpc) is 2.03. The first-order chi connectivity index (χ1) is 5.26. The van der Waals surface area contributed by atoms with Gasteiger partial charge in [-0.25, -0.2) is 0 Å². The Hall–Kier alpha value is -1.15. The van der Waals surface area contributed by atoms with Gasteiger partial charge in [0, 0.05) is 5.69 Å². The molecule has 2 nitrogen and oxygen atoms in total. The molecule has 0 fully saturated rings. The zero-order valence-electron chi connectivity index (χ0n) is 6.54. The summed E-state index contributed by atoms with van der Waals surface area (Å²) in [5, 5.41) is 8.79. The van der Waals surface area contributed by atoms with E-state index < -0.39 is 0 Å². The van der Waals surface area contributed by atoms with Crippen LogP contribution in [0.4, 0.5) is 0 Å². The topological polar surface area (TPSA) is 33.1 Å². The largest absolute Gasteiger partial charge is 0.390 e. The summed E-state index contributed by atoms with van der Waals surface area (Å²) < 4.78 is 0. The van der Waals surface area contributed by atoms with Crippen molar-refractivity contribution in [3.63, 3.8) is 0 Å². The van der Waals surface area contributed by atoms with Crippen LogP contribution in [0.5, 0.6) is 0 Å². The predicted octanol–water partition coefficient (Wildman–Crippen LogP) is 1.53. The van der Waals surface area contributed by atoms with Gasteiger partial charge in [-0.3, -0.25) is 4.98 Å². The number of aliphatic hydroxyl groups excluding tert-OH is 1. The number of nitrogens with zero attached hydrogens (tertiary/aromatic N) is 1. The lowest BCUT2D eigenvalue weighted by molar-refractivity contribution is 0.276. The number of aryl methyl sites for hydroxylation is 1. The van der Waals surface area contributed by atoms with Crippen LogP contribution in [0.15, 0.2) is 18.7 Å². The molecule has 0 saturated carbocycles. The van der Waals surface area contributed by atoms with Gasteiger partial charge in [-0.1, -0.05) is 12.7 Å². The third-order valence-corrected chi connectivity index (χ3v) is 1.43. The van der Waals surface area contributed by atoms with Crippen molar-refractivity contribution in [2.45, 2.75) is 13.5 Å². The van der Waals surface area contributed by atoms with Gasteiger partial charge in [0.2, 0.25) is 0 Å². The summed E-state index contributed by atoms with van der Waals surface area (Å²) >= 11 is 0. The molecule has 0 radical (unpaired) electrons. The van der Waals surface area contributed by atoms with Gasteiger partial charge in [0.15, 0.2) is 0 Å². The lowest BCUT2D eigenvalue weighted by atomic mass is 10.2. The van der Waals surface area contributed by atoms with Crippen molar-refractivity contribution in [3.05, 3.63) is 35.7 Å². The van der Waals surface area contributed by atoms with E-state index in [0.717, 1.165) is 11.3 Å². The van der Waals surface area contributed by atoms with Gasteiger partial charge in [0.05, 0.1) is 12.3 Å². The molecule has 1 N–H and O–H groups in total. The molecule has 1 aromatic rings. The van der Waals surface area contributed by atoms with Crippen LogP contribution in [0.25, 0.3) is 6.08 Å². The van der Waals surface area contributed by atoms with Gasteiger partial charge < -0.3 is 5.11 Å². The summed E-state index contributed by atoms with van der Waals surface area (Å²) in [6, 6.07) is 3.74. The summed E-state index contributed by atoms with van der Waals surface area (Å²) in [6.45, 7) is 5.52. The van der Waals surface area contributed by atoms with Crippen LogP contribution in [0, 0.1) is 6.92 Å². The Morgan fingerprint density at radius 3 is 2.91 bits per heavy atom. The first kappa shape index (κ1) is 7.95. The summed E-state index contributed by atoms with van der Waals surface area (Å²) in [5.41, 5.74) is 2.60. The molecule has 11 heavy (non-hydrogen) atoms. The molecule has 1 heterocycles. The molecule has 2 heteroatoms. The number of aromatic nitrogens is 1. The SMILES string of the molecule is C=Cc1cc(C)nc(CO)c1. The minimum absolute atomic E-state index is 0.0114. The Labute approximate surface area is 66.2 Å². The monoisotopic (exact) mass is 149 g/mol. The zero-order chi connectivity index (χ0) is 8.27. The summed E-state index contributed by atoms with van der Waals surface area (Å²) in [6.07, 6.45) is 1.74. The molecule has 0 unspecified atom stereocenters. The highest BCUT2D eigenvalue weighted by Crippen LogP contribution is 2.06. The molecule has 0 bridgehead atoms. The van der Waals surface area contributed by atoms with Crippen LogP contribution in [0.2, 0.25) is 0 Å². The molecular formula is C9H11NO. The van der Waals surface area contributed by atoms with E-state index in [1.165, 1.54) is 0 Å². The molecule has 0 amide bonds. The molecule has 0 atom stereocenters. The molecule has 0 aliphatic carbocycles. The molecule has 0 spiro atoms. The molecule has 0 aromatic carbocycles. The zero-order valence-corrected chi connectivity index (χ0v) is 6.54. The van der Waals surface area contributed by atoms with Crippen LogP contribution >= 0.6 is 0 Å². The van der Waals surface area contributed by atoms with Crippen molar-refractivity contribution in [1.82, 2.24) is 4.98 Å². The molecule has 0 aliphatic rings. The highest BCUT2D eigenvalue weighted by Gasteiger charge is 1.94. The van der Waals surface area contributed by atoms with Crippen LogP contribution in [-0.2, 0) is 6.61 Å². The van der Waals surface area contributed by atoms with Crippen molar-refractivity contribution in [1.29, 1.82) is 0 Å². The average molecular weight is 149 g/mol. The smallest absolute Gasteiger partial charge is 0.0853 e. The quantitative estimate of drug-likeness (QED) is 0.691. The number of hydrogen-bond acceptors (Lipinski definition) is 2. The first-order valence-electron chi connectivity index (χ1n) is 3.47. The van der Waals surface area contributed by atoms with Crippen molar-refractivity contribution in [3.8, 4) is 0 Å². The fraction of sp³-hybridized carbons (Fsp3) is 0.222. The lowest BCUT2D eigenvalue weighted by Gasteiger charge is -1.99. The van der Waals surface area contributed by atoms with Crippen molar-refractivity contribution in [2.75, 3.05) is 0 Å². The van der Waals surface area contributed by atoms with Crippen LogP contribution in [0.1, 0.15) is 17.0 Å². The number of rotatable bonds is 2. The highest BCUT2D eigenvalue weighted by molar-refractivity contribution is 5.47. The van der Waals surface area contributed by atoms with Gasteiger partial charge >= 0.3 is 0 Å². The number of aliphatic hydroxyl groups is 1. The first-order valence-corrected chi connectivity index (χ1v) is 3.47. The van der Waals surface area contributed by atoms with E-state index in [4.69, 9.17) is 5.11 Å². The van der Waals surface area contributed by atoms with E-state index in [2.05, 4.69) is 11.6 Å². The molecule has 1 aromatic heterocycles. The van der Waals surface area contributed by atoms with E-state index in [0.29, 0.717) is 5.69 Å². The second-order valence-electron chi connectivity index (χ2n) is 2.40. The maximum absolute atomic E-state index is 8.79. The summed E-state index contributed by atoms with van der Waals surface area (Å²) in [4.78, 5) is 4.10. The van der Waals surface area contributed by atoms with Crippen molar-refractivity contribution >= 4 is 6.08 Å². The minimum atomic E-state index is -0.0114. The molecule has 58 valence electrons. The van der Waals surface area contributed by atoms with E-state index in [-0.39, 0.29) is 6.61 Å². The molecule has 0 aliphatic heterocycles. The van der Waals surface area contributed by atoms with E-state index in [1.807, 2.05) is 19.1 Å². The fourth-order valence-corrected chi connectivity index (χ4v) is 0.965. The number of pyridine rings is 1. The van der Waals surface area contributed by atoms with Gasteiger partial charge in [0.25, 0.3) is 0 Å². The fourth-order valence-electron chi connectivity index (χ4n) is 0.965. The van der Waals surface area contributed by atoms with E-state index in [9.17, 15) is 0 Å². The normalized spacial score (nSPS) is 9.64. The van der Waals surface area contributed by atoms with Gasteiger partial charge in [-0.2, -0.15) is 0 Å². The third kappa shape index (κ3) is 1.88. The lowest BCUT2D eigenvalue weighted by Crippen LogP contribution is -1.92. The Morgan fingerprint density at radius 1 is 1.64 bits per heavy atom. The number of hydrogen-bond donors (Lipinski definition) is 1. The molecule has 0 saturated heterocycles. The van der Waals surface area contributed by atoms with Crippen molar-refractivity contribution in [2.24, 2.45) is 0 Å². The Morgan fingerprint density at radius 2 is 2.36 bits per heavy atom. The highest BCUT2D eigenvalue weighted by atomic mass is 16.3. The van der Waals surface area contributed by atoms with Crippen LogP contribution < -0.4 is 0 Å². The second kappa shape index (κ2) is 3.30. The van der Waals surface area contributed by atoms with Gasteiger partial charge in [-0.05, 0) is 24.6 Å². The second-order valence-corrected chi connectivity index (χ2v) is 2.40. The summed E-state index contributed by atoms with van der Waals surface area (Å²) in [7, 11) is 0. The summed E-state index contributed by atoms with van der Waals surface area (Å²) in [5.74, 6) is 0. The standard InChI is InChI=1S/C9H11NO/c1-3-8-4-7(2)10-9(5-8)6-11/h3-5,11H,1,6H2,2H3. The van der Waals surface area contributed by atoms with Crippen LogP contribution in [-0.4, -0.2) is 10.1 Å². The van der Waals surface area contributed by atoms with E-state index >= 15 is 0 Å². The van der Waals surface area contributed by atoms with Gasteiger partial charge in [-0.15, -0.1) is 0 Å².